The average Bonchev–Trinajstić information content (AvgIpc) is 2.26. The Labute approximate surface area is 112 Å². The van der Waals surface area contributed by atoms with Crippen molar-refractivity contribution in [3.05, 3.63) is 10.8 Å². The van der Waals surface area contributed by atoms with Crippen molar-refractivity contribution in [3.8, 4) is 0 Å². The molecule has 2 N–H and O–H groups in total. The molecule has 0 radical (unpaired) electrons. The standard InChI is InChI=1S/C12H21BrN4/c1-8(12(2,3)4)6-15-11-9(13)10(14-5)16-7-17-11/h7-8H,6H2,1-5H3,(H2,14,15,16,17). The first-order chi connectivity index (χ1) is 7.86. The van der Waals surface area contributed by atoms with Crippen LogP contribution in [0.5, 0.6) is 0 Å². The first-order valence-corrected chi connectivity index (χ1v) is 6.57. The van der Waals surface area contributed by atoms with Crippen LogP contribution in [0.2, 0.25) is 0 Å². The fourth-order valence-electron chi connectivity index (χ4n) is 1.22. The van der Waals surface area contributed by atoms with Crippen molar-refractivity contribution >= 4 is 27.6 Å². The van der Waals surface area contributed by atoms with Gasteiger partial charge in [0, 0.05) is 13.6 Å². The Bertz CT molecular complexity index is 373. The molecule has 1 rings (SSSR count). The molecule has 96 valence electrons. The lowest BCUT2D eigenvalue weighted by Crippen LogP contribution is -2.25. The molecule has 0 saturated carbocycles. The van der Waals surface area contributed by atoms with Crippen LogP contribution in [-0.2, 0) is 0 Å². The second-order valence-electron chi connectivity index (χ2n) is 5.28. The van der Waals surface area contributed by atoms with E-state index < -0.39 is 0 Å². The van der Waals surface area contributed by atoms with Crippen molar-refractivity contribution < 1.29 is 0 Å². The zero-order chi connectivity index (χ0) is 13.1. The molecule has 17 heavy (non-hydrogen) atoms. The summed E-state index contributed by atoms with van der Waals surface area (Å²) in [5.74, 6) is 2.19. The van der Waals surface area contributed by atoms with E-state index in [2.05, 4.69) is 64.2 Å². The van der Waals surface area contributed by atoms with Gasteiger partial charge < -0.3 is 10.6 Å². The molecule has 0 aliphatic carbocycles. The van der Waals surface area contributed by atoms with Crippen LogP contribution in [0.15, 0.2) is 10.8 Å². The second kappa shape index (κ2) is 5.67. The van der Waals surface area contributed by atoms with E-state index >= 15 is 0 Å². The SMILES string of the molecule is CNc1ncnc(NCC(C)C(C)(C)C)c1Br. The molecule has 5 heteroatoms. The molecule has 0 aliphatic rings. The quantitative estimate of drug-likeness (QED) is 0.895. The zero-order valence-corrected chi connectivity index (χ0v) is 12.7. The van der Waals surface area contributed by atoms with E-state index in [1.165, 1.54) is 0 Å². The lowest BCUT2D eigenvalue weighted by Gasteiger charge is -2.27. The highest BCUT2D eigenvalue weighted by Gasteiger charge is 2.20. The minimum atomic E-state index is 0.290. The minimum absolute atomic E-state index is 0.290. The normalized spacial score (nSPS) is 13.3. The lowest BCUT2D eigenvalue weighted by molar-refractivity contribution is 0.274. The molecule has 0 aliphatic heterocycles. The maximum atomic E-state index is 4.23. The van der Waals surface area contributed by atoms with Gasteiger partial charge in [0.2, 0.25) is 0 Å². The third-order valence-corrected chi connectivity index (χ3v) is 3.83. The Hall–Kier alpha value is -0.840. The van der Waals surface area contributed by atoms with E-state index in [-0.39, 0.29) is 0 Å². The molecule has 1 aromatic rings. The van der Waals surface area contributed by atoms with Crippen molar-refractivity contribution in [2.75, 3.05) is 24.2 Å². The molecule has 0 saturated heterocycles. The van der Waals surface area contributed by atoms with E-state index in [0.717, 1.165) is 22.7 Å². The number of anilines is 2. The van der Waals surface area contributed by atoms with Gasteiger partial charge in [-0.05, 0) is 27.3 Å². The highest BCUT2D eigenvalue weighted by Crippen LogP contribution is 2.29. The van der Waals surface area contributed by atoms with Crippen LogP contribution >= 0.6 is 15.9 Å². The van der Waals surface area contributed by atoms with Crippen molar-refractivity contribution in [3.63, 3.8) is 0 Å². The van der Waals surface area contributed by atoms with Gasteiger partial charge in [0.1, 0.15) is 22.4 Å². The van der Waals surface area contributed by atoms with Gasteiger partial charge in [0.05, 0.1) is 0 Å². The van der Waals surface area contributed by atoms with Crippen LogP contribution in [0.1, 0.15) is 27.7 Å². The van der Waals surface area contributed by atoms with Gasteiger partial charge in [0.15, 0.2) is 0 Å². The van der Waals surface area contributed by atoms with Crippen LogP contribution in [0, 0.1) is 11.3 Å². The van der Waals surface area contributed by atoms with Crippen LogP contribution in [0.25, 0.3) is 0 Å². The maximum Gasteiger partial charge on any atom is 0.145 e. The number of aromatic nitrogens is 2. The van der Waals surface area contributed by atoms with E-state index in [1.807, 2.05) is 7.05 Å². The summed E-state index contributed by atoms with van der Waals surface area (Å²) in [7, 11) is 1.84. The number of hydrogen-bond donors (Lipinski definition) is 2. The molecule has 0 amide bonds. The van der Waals surface area contributed by atoms with E-state index in [4.69, 9.17) is 0 Å². The summed E-state index contributed by atoms with van der Waals surface area (Å²) in [6.45, 7) is 9.86. The molecule has 1 heterocycles. The summed E-state index contributed by atoms with van der Waals surface area (Å²) in [4.78, 5) is 8.36. The van der Waals surface area contributed by atoms with Crippen molar-refractivity contribution in [2.45, 2.75) is 27.7 Å². The van der Waals surface area contributed by atoms with Gasteiger partial charge in [-0.3, -0.25) is 0 Å². The molecule has 1 unspecified atom stereocenters. The van der Waals surface area contributed by atoms with Crippen LogP contribution < -0.4 is 10.6 Å². The number of hydrogen-bond acceptors (Lipinski definition) is 4. The summed E-state index contributed by atoms with van der Waals surface area (Å²) in [6.07, 6.45) is 1.56. The Kier molecular flexibility index (Phi) is 4.74. The van der Waals surface area contributed by atoms with Crippen LogP contribution in [0.3, 0.4) is 0 Å². The van der Waals surface area contributed by atoms with E-state index in [9.17, 15) is 0 Å². The monoisotopic (exact) mass is 300 g/mol. The first kappa shape index (κ1) is 14.2. The average molecular weight is 301 g/mol. The topological polar surface area (TPSA) is 49.8 Å². The number of nitrogens with one attached hydrogen (secondary N) is 2. The fraction of sp³-hybridized carbons (Fsp3) is 0.667. The van der Waals surface area contributed by atoms with Gasteiger partial charge in [-0.1, -0.05) is 27.7 Å². The first-order valence-electron chi connectivity index (χ1n) is 5.78. The minimum Gasteiger partial charge on any atom is -0.372 e. The molecule has 0 spiro atoms. The van der Waals surface area contributed by atoms with Gasteiger partial charge in [0.25, 0.3) is 0 Å². The van der Waals surface area contributed by atoms with Gasteiger partial charge >= 0.3 is 0 Å². The highest BCUT2D eigenvalue weighted by molar-refractivity contribution is 9.10. The number of halogens is 1. The Morgan fingerprint density at radius 2 is 1.88 bits per heavy atom. The van der Waals surface area contributed by atoms with Gasteiger partial charge in [-0.2, -0.15) is 0 Å². The molecule has 1 aromatic heterocycles. The Balaban J connectivity index is 2.70. The largest absolute Gasteiger partial charge is 0.372 e. The Morgan fingerprint density at radius 1 is 1.29 bits per heavy atom. The molecule has 0 fully saturated rings. The third kappa shape index (κ3) is 3.84. The van der Waals surface area contributed by atoms with Crippen molar-refractivity contribution in [1.82, 2.24) is 9.97 Å². The molecule has 4 nitrogen and oxygen atoms in total. The summed E-state index contributed by atoms with van der Waals surface area (Å²) >= 11 is 3.49. The summed E-state index contributed by atoms with van der Waals surface area (Å²) in [5.41, 5.74) is 0.290. The second-order valence-corrected chi connectivity index (χ2v) is 6.08. The summed E-state index contributed by atoms with van der Waals surface area (Å²) in [6, 6.07) is 0. The van der Waals surface area contributed by atoms with Gasteiger partial charge in [-0.25, -0.2) is 9.97 Å². The van der Waals surface area contributed by atoms with Crippen molar-refractivity contribution in [2.24, 2.45) is 11.3 Å². The van der Waals surface area contributed by atoms with E-state index in [0.29, 0.717) is 11.3 Å². The lowest BCUT2D eigenvalue weighted by atomic mass is 9.82. The molecular formula is C12H21BrN4. The summed E-state index contributed by atoms with van der Waals surface area (Å²) < 4.78 is 0.878. The fourth-order valence-corrected chi connectivity index (χ4v) is 1.77. The third-order valence-electron chi connectivity index (χ3n) is 3.08. The van der Waals surface area contributed by atoms with Crippen molar-refractivity contribution in [1.29, 1.82) is 0 Å². The molecule has 1 atom stereocenters. The molecule has 0 bridgehead atoms. The highest BCUT2D eigenvalue weighted by atomic mass is 79.9. The van der Waals surface area contributed by atoms with E-state index in [1.54, 1.807) is 6.33 Å². The smallest absolute Gasteiger partial charge is 0.145 e. The molecular weight excluding hydrogens is 280 g/mol. The number of nitrogens with zero attached hydrogens (tertiary/aromatic N) is 2. The number of rotatable bonds is 4. The zero-order valence-electron chi connectivity index (χ0n) is 11.1. The maximum absolute atomic E-state index is 4.23. The predicted molar refractivity (Wildman–Crippen MR) is 76.4 cm³/mol. The predicted octanol–water partition coefficient (Wildman–Crippen LogP) is 3.37. The molecule has 0 aromatic carbocycles. The van der Waals surface area contributed by atoms with Crippen LogP contribution in [0.4, 0.5) is 11.6 Å². The van der Waals surface area contributed by atoms with Crippen LogP contribution in [-0.4, -0.2) is 23.6 Å². The van der Waals surface area contributed by atoms with Gasteiger partial charge in [-0.15, -0.1) is 0 Å². The Morgan fingerprint density at radius 3 is 2.41 bits per heavy atom. The summed E-state index contributed by atoms with van der Waals surface area (Å²) in [5, 5.41) is 6.37.